The highest BCUT2D eigenvalue weighted by Crippen LogP contribution is 2.27. The standard InChI is InChI=1S/C18H14BrN3O2/c1-10(23)11-2-5-13(6-3-11)22-17-14-8-12(19)4-7-15(14)20-9-16(17)21-18(22)24/h2-10,23H,1H3,(H,21,24). The largest absolute Gasteiger partial charge is 0.389 e. The molecule has 5 nitrogen and oxygen atoms in total. The van der Waals surface area contributed by atoms with Crippen molar-refractivity contribution in [2.45, 2.75) is 13.0 Å². The Bertz CT molecular complexity index is 1110. The van der Waals surface area contributed by atoms with Crippen LogP contribution < -0.4 is 5.69 Å². The highest BCUT2D eigenvalue weighted by atomic mass is 79.9. The smallest absolute Gasteiger partial charge is 0.331 e. The van der Waals surface area contributed by atoms with E-state index in [9.17, 15) is 9.90 Å². The molecule has 0 spiro atoms. The summed E-state index contributed by atoms with van der Waals surface area (Å²) in [6.45, 7) is 1.71. The fourth-order valence-corrected chi connectivity index (χ4v) is 3.27. The molecule has 0 aliphatic heterocycles. The van der Waals surface area contributed by atoms with E-state index >= 15 is 0 Å². The molecular weight excluding hydrogens is 370 g/mol. The second-order valence-corrected chi connectivity index (χ2v) is 6.63. The van der Waals surface area contributed by atoms with Crippen LogP contribution in [0.15, 0.2) is 57.9 Å². The average molecular weight is 384 g/mol. The maximum atomic E-state index is 12.5. The van der Waals surface area contributed by atoms with Crippen LogP contribution in [0.25, 0.3) is 27.6 Å². The van der Waals surface area contributed by atoms with Crippen molar-refractivity contribution in [3.63, 3.8) is 0 Å². The number of imidazole rings is 1. The number of aromatic nitrogens is 3. The van der Waals surface area contributed by atoms with Gasteiger partial charge >= 0.3 is 5.69 Å². The van der Waals surface area contributed by atoms with Crippen LogP contribution in [0.5, 0.6) is 0 Å². The van der Waals surface area contributed by atoms with Gasteiger partial charge in [-0.2, -0.15) is 0 Å². The Morgan fingerprint density at radius 3 is 2.67 bits per heavy atom. The molecule has 4 rings (SSSR count). The lowest BCUT2D eigenvalue weighted by atomic mass is 10.1. The van der Waals surface area contributed by atoms with Crippen LogP contribution in [0.2, 0.25) is 0 Å². The number of hydrogen-bond donors (Lipinski definition) is 2. The van der Waals surface area contributed by atoms with Crippen molar-refractivity contribution in [3.8, 4) is 5.69 Å². The molecule has 0 aliphatic carbocycles. The van der Waals surface area contributed by atoms with Gasteiger partial charge in [-0.25, -0.2) is 4.79 Å². The molecule has 2 aromatic carbocycles. The van der Waals surface area contributed by atoms with Crippen molar-refractivity contribution in [2.24, 2.45) is 0 Å². The molecule has 24 heavy (non-hydrogen) atoms. The Labute approximate surface area is 145 Å². The number of halogens is 1. The van der Waals surface area contributed by atoms with E-state index in [0.29, 0.717) is 5.52 Å². The van der Waals surface area contributed by atoms with Crippen molar-refractivity contribution in [1.29, 1.82) is 0 Å². The number of benzene rings is 2. The zero-order valence-corrected chi connectivity index (χ0v) is 14.4. The van der Waals surface area contributed by atoms with Gasteiger partial charge in [-0.1, -0.05) is 28.1 Å². The van der Waals surface area contributed by atoms with E-state index in [1.54, 1.807) is 17.7 Å². The van der Waals surface area contributed by atoms with Gasteiger partial charge in [0, 0.05) is 9.86 Å². The molecule has 2 heterocycles. The number of H-pyrrole nitrogens is 1. The van der Waals surface area contributed by atoms with Crippen molar-refractivity contribution in [1.82, 2.24) is 14.5 Å². The molecule has 0 aliphatic rings. The van der Waals surface area contributed by atoms with Gasteiger partial charge in [-0.05, 0) is 42.8 Å². The SMILES string of the molecule is CC(O)c1ccc(-n2c(=O)[nH]c3cnc4ccc(Br)cc4c32)cc1. The summed E-state index contributed by atoms with van der Waals surface area (Å²) in [5.41, 5.74) is 3.62. The average Bonchev–Trinajstić information content (AvgIpc) is 2.91. The first kappa shape index (κ1) is 15.1. The molecule has 2 aromatic heterocycles. The molecule has 0 saturated heterocycles. The molecule has 4 aromatic rings. The normalized spacial score (nSPS) is 12.8. The lowest BCUT2D eigenvalue weighted by Crippen LogP contribution is -2.14. The number of aliphatic hydroxyl groups excluding tert-OH is 1. The summed E-state index contributed by atoms with van der Waals surface area (Å²) in [4.78, 5) is 19.8. The Morgan fingerprint density at radius 1 is 1.21 bits per heavy atom. The number of nitrogens with one attached hydrogen (secondary N) is 1. The van der Waals surface area contributed by atoms with Gasteiger partial charge in [0.2, 0.25) is 0 Å². The van der Waals surface area contributed by atoms with Gasteiger partial charge in [-0.3, -0.25) is 9.55 Å². The van der Waals surface area contributed by atoms with Crippen LogP contribution >= 0.6 is 15.9 Å². The van der Waals surface area contributed by atoms with Gasteiger partial charge < -0.3 is 10.1 Å². The van der Waals surface area contributed by atoms with Gasteiger partial charge in [0.1, 0.15) is 0 Å². The zero-order valence-electron chi connectivity index (χ0n) is 12.8. The van der Waals surface area contributed by atoms with Crippen molar-refractivity contribution >= 4 is 37.9 Å². The second-order valence-electron chi connectivity index (χ2n) is 5.72. The van der Waals surface area contributed by atoms with Gasteiger partial charge in [-0.15, -0.1) is 0 Å². The van der Waals surface area contributed by atoms with Crippen LogP contribution in [-0.4, -0.2) is 19.6 Å². The summed E-state index contributed by atoms with van der Waals surface area (Å²) in [5, 5.41) is 10.5. The van der Waals surface area contributed by atoms with Crippen LogP contribution in [0.3, 0.4) is 0 Å². The molecule has 120 valence electrons. The van der Waals surface area contributed by atoms with E-state index in [4.69, 9.17) is 0 Å². The minimum atomic E-state index is -0.542. The number of aliphatic hydroxyl groups is 1. The summed E-state index contributed by atoms with van der Waals surface area (Å²) in [6.07, 6.45) is 1.13. The molecule has 0 saturated carbocycles. The number of aromatic amines is 1. The Hall–Kier alpha value is -2.44. The molecule has 6 heteroatoms. The summed E-state index contributed by atoms with van der Waals surface area (Å²) in [6, 6.07) is 13.1. The third-order valence-electron chi connectivity index (χ3n) is 4.10. The first-order chi connectivity index (χ1) is 11.5. The van der Waals surface area contributed by atoms with E-state index in [-0.39, 0.29) is 5.69 Å². The highest BCUT2D eigenvalue weighted by Gasteiger charge is 2.13. The molecule has 1 atom stereocenters. The molecule has 0 bridgehead atoms. The Balaban J connectivity index is 2.05. The quantitative estimate of drug-likeness (QED) is 0.554. The van der Waals surface area contributed by atoms with Crippen LogP contribution in [-0.2, 0) is 0 Å². The lowest BCUT2D eigenvalue weighted by molar-refractivity contribution is 0.199. The first-order valence-corrected chi connectivity index (χ1v) is 8.31. The van der Waals surface area contributed by atoms with Gasteiger partial charge in [0.25, 0.3) is 0 Å². The Kier molecular flexibility index (Phi) is 3.51. The molecule has 0 amide bonds. The first-order valence-electron chi connectivity index (χ1n) is 7.52. The number of hydrogen-bond acceptors (Lipinski definition) is 3. The maximum Gasteiger partial charge on any atom is 0.331 e. The van der Waals surface area contributed by atoms with Gasteiger partial charge in [0.05, 0.1) is 34.5 Å². The molecule has 2 N–H and O–H groups in total. The molecular formula is C18H14BrN3O2. The molecule has 1 unspecified atom stereocenters. The predicted octanol–water partition coefficient (Wildman–Crippen LogP) is 3.68. The molecule has 0 fully saturated rings. The maximum absolute atomic E-state index is 12.5. The number of rotatable bonds is 2. The summed E-state index contributed by atoms with van der Waals surface area (Å²) < 4.78 is 2.56. The predicted molar refractivity (Wildman–Crippen MR) is 97.5 cm³/mol. The highest BCUT2D eigenvalue weighted by molar-refractivity contribution is 9.10. The monoisotopic (exact) mass is 383 g/mol. The third kappa shape index (κ3) is 2.35. The minimum absolute atomic E-state index is 0.218. The minimum Gasteiger partial charge on any atom is -0.389 e. The Morgan fingerprint density at radius 2 is 1.96 bits per heavy atom. The summed E-state index contributed by atoms with van der Waals surface area (Å²) >= 11 is 3.48. The summed E-state index contributed by atoms with van der Waals surface area (Å²) in [5.74, 6) is 0. The fourth-order valence-electron chi connectivity index (χ4n) is 2.90. The summed E-state index contributed by atoms with van der Waals surface area (Å²) in [7, 11) is 0. The lowest BCUT2D eigenvalue weighted by Gasteiger charge is -2.09. The second kappa shape index (κ2) is 5.58. The van der Waals surface area contributed by atoms with Crippen LogP contribution in [0, 0.1) is 0 Å². The topological polar surface area (TPSA) is 70.9 Å². The van der Waals surface area contributed by atoms with Crippen LogP contribution in [0.4, 0.5) is 0 Å². The molecule has 0 radical (unpaired) electrons. The van der Waals surface area contributed by atoms with Crippen molar-refractivity contribution < 1.29 is 5.11 Å². The van der Waals surface area contributed by atoms with Gasteiger partial charge in [0.15, 0.2) is 0 Å². The number of pyridine rings is 1. The van der Waals surface area contributed by atoms with E-state index in [1.165, 1.54) is 0 Å². The van der Waals surface area contributed by atoms with E-state index in [0.717, 1.165) is 32.1 Å². The third-order valence-corrected chi connectivity index (χ3v) is 4.60. The van der Waals surface area contributed by atoms with Crippen molar-refractivity contribution in [2.75, 3.05) is 0 Å². The van der Waals surface area contributed by atoms with E-state index in [1.807, 2.05) is 42.5 Å². The number of fused-ring (bicyclic) bond motifs is 3. The fraction of sp³-hybridized carbons (Fsp3) is 0.111. The number of nitrogens with zero attached hydrogens (tertiary/aromatic N) is 2. The zero-order chi connectivity index (χ0) is 16.8. The van der Waals surface area contributed by atoms with Crippen molar-refractivity contribution in [3.05, 3.63) is 69.2 Å². The van der Waals surface area contributed by atoms with E-state index < -0.39 is 6.10 Å². The van der Waals surface area contributed by atoms with Crippen LogP contribution in [0.1, 0.15) is 18.6 Å². The van der Waals surface area contributed by atoms with E-state index in [2.05, 4.69) is 25.9 Å².